The normalized spacial score (nSPS) is 10.9. The van der Waals surface area contributed by atoms with Crippen molar-refractivity contribution < 1.29 is 5.11 Å². The fourth-order valence-electron chi connectivity index (χ4n) is 1.15. The van der Waals surface area contributed by atoms with Crippen molar-refractivity contribution in [2.45, 2.75) is 26.3 Å². The number of nitrogens with one attached hydrogen (secondary N) is 1. The van der Waals surface area contributed by atoms with E-state index in [9.17, 15) is 0 Å². The molecule has 1 aromatic heterocycles. The summed E-state index contributed by atoms with van der Waals surface area (Å²) in [5.41, 5.74) is 0.926. The number of pyridine rings is 1. The van der Waals surface area contributed by atoms with E-state index in [0.29, 0.717) is 11.4 Å². The van der Waals surface area contributed by atoms with Crippen molar-refractivity contribution in [3.8, 4) is 6.07 Å². The third-order valence-electron chi connectivity index (χ3n) is 2.12. The maximum absolute atomic E-state index is 9.12. The van der Waals surface area contributed by atoms with Crippen molar-refractivity contribution in [1.82, 2.24) is 4.98 Å². The molecule has 0 aliphatic carbocycles. The van der Waals surface area contributed by atoms with E-state index in [4.69, 9.17) is 10.4 Å². The number of hydrogen-bond donors (Lipinski definition) is 2. The van der Waals surface area contributed by atoms with Crippen LogP contribution in [-0.2, 0) is 0 Å². The molecular weight excluding hydrogens is 190 g/mol. The molecule has 0 fully saturated rings. The molecule has 0 atom stereocenters. The Morgan fingerprint density at radius 2 is 2.27 bits per heavy atom. The molecule has 0 aliphatic rings. The van der Waals surface area contributed by atoms with Crippen LogP contribution in [0.25, 0.3) is 0 Å². The maximum Gasteiger partial charge on any atom is 0.144 e. The van der Waals surface area contributed by atoms with Gasteiger partial charge in [0.25, 0.3) is 0 Å². The predicted molar refractivity (Wildman–Crippen MR) is 58.5 cm³/mol. The molecule has 2 N–H and O–H groups in total. The molecule has 4 heteroatoms. The van der Waals surface area contributed by atoms with E-state index in [2.05, 4.69) is 16.4 Å². The minimum Gasteiger partial charge on any atom is -0.394 e. The summed E-state index contributed by atoms with van der Waals surface area (Å²) >= 11 is 0. The summed E-state index contributed by atoms with van der Waals surface area (Å²) in [5, 5.41) is 21.1. The van der Waals surface area contributed by atoms with Crippen molar-refractivity contribution in [1.29, 1.82) is 5.26 Å². The van der Waals surface area contributed by atoms with Gasteiger partial charge in [-0.2, -0.15) is 5.26 Å². The van der Waals surface area contributed by atoms with Gasteiger partial charge in [0.05, 0.1) is 17.7 Å². The largest absolute Gasteiger partial charge is 0.394 e. The van der Waals surface area contributed by atoms with E-state index in [0.717, 1.165) is 5.56 Å². The average Bonchev–Trinajstić information content (AvgIpc) is 2.18. The van der Waals surface area contributed by atoms with Crippen LogP contribution in [0.2, 0.25) is 0 Å². The Labute approximate surface area is 89.6 Å². The van der Waals surface area contributed by atoms with Crippen molar-refractivity contribution >= 4 is 5.82 Å². The van der Waals surface area contributed by atoms with Crippen LogP contribution in [0.3, 0.4) is 0 Å². The Morgan fingerprint density at radius 3 is 2.80 bits per heavy atom. The highest BCUT2D eigenvalue weighted by Crippen LogP contribution is 2.19. The molecular formula is C11H15N3O. The summed E-state index contributed by atoms with van der Waals surface area (Å²) in [5.74, 6) is 0.525. The molecule has 0 unspecified atom stereocenters. The number of anilines is 1. The molecule has 0 radical (unpaired) electrons. The van der Waals surface area contributed by atoms with Gasteiger partial charge in [-0.05, 0) is 32.4 Å². The lowest BCUT2D eigenvalue weighted by Crippen LogP contribution is -2.35. The number of aliphatic hydroxyl groups is 1. The van der Waals surface area contributed by atoms with Crippen LogP contribution < -0.4 is 5.32 Å². The molecule has 0 amide bonds. The zero-order valence-electron chi connectivity index (χ0n) is 9.20. The minimum absolute atomic E-state index is 0.0203. The van der Waals surface area contributed by atoms with E-state index in [1.807, 2.05) is 20.8 Å². The molecule has 0 aromatic carbocycles. The van der Waals surface area contributed by atoms with Gasteiger partial charge in [0.2, 0.25) is 0 Å². The number of hydrogen-bond acceptors (Lipinski definition) is 4. The van der Waals surface area contributed by atoms with E-state index < -0.39 is 5.54 Å². The van der Waals surface area contributed by atoms with Crippen LogP contribution in [0.4, 0.5) is 5.82 Å². The highest BCUT2D eigenvalue weighted by molar-refractivity contribution is 5.56. The first kappa shape index (κ1) is 11.5. The number of rotatable bonds is 3. The van der Waals surface area contributed by atoms with Gasteiger partial charge in [-0.15, -0.1) is 0 Å². The summed E-state index contributed by atoms with van der Waals surface area (Å²) in [6.07, 6.45) is 1.64. The summed E-state index contributed by atoms with van der Waals surface area (Å²) in [4.78, 5) is 4.10. The minimum atomic E-state index is -0.480. The number of nitrogens with zero attached hydrogens (tertiary/aromatic N) is 2. The van der Waals surface area contributed by atoms with Crippen LogP contribution in [0.5, 0.6) is 0 Å². The molecule has 0 saturated heterocycles. The first-order chi connectivity index (χ1) is 7.00. The summed E-state index contributed by atoms with van der Waals surface area (Å²) in [7, 11) is 0. The first-order valence-electron chi connectivity index (χ1n) is 4.75. The Bertz CT molecular complexity index is 393. The summed E-state index contributed by atoms with van der Waals surface area (Å²) in [6, 6.07) is 3.89. The molecule has 80 valence electrons. The Hall–Kier alpha value is -1.60. The number of aryl methyl sites for hydroxylation is 1. The molecule has 0 spiro atoms. The Morgan fingerprint density at radius 1 is 1.60 bits per heavy atom. The second-order valence-corrected chi connectivity index (χ2v) is 4.13. The highest BCUT2D eigenvalue weighted by atomic mass is 16.3. The third kappa shape index (κ3) is 2.67. The fraction of sp³-hybridized carbons (Fsp3) is 0.455. The third-order valence-corrected chi connectivity index (χ3v) is 2.12. The fourth-order valence-corrected chi connectivity index (χ4v) is 1.15. The van der Waals surface area contributed by atoms with Gasteiger partial charge in [-0.3, -0.25) is 0 Å². The molecule has 1 rings (SSSR count). The average molecular weight is 205 g/mol. The zero-order chi connectivity index (χ0) is 11.5. The van der Waals surface area contributed by atoms with Crippen molar-refractivity contribution in [3.05, 3.63) is 23.4 Å². The standard InChI is InChI=1S/C11H15N3O/c1-8-4-5-13-10(9(8)6-12)14-11(2,3)7-15/h4-5,15H,7H2,1-3H3,(H,13,14). The van der Waals surface area contributed by atoms with E-state index in [1.165, 1.54) is 0 Å². The molecule has 0 aliphatic heterocycles. The lowest BCUT2D eigenvalue weighted by Gasteiger charge is -2.24. The van der Waals surface area contributed by atoms with Gasteiger partial charge in [-0.25, -0.2) is 4.98 Å². The second-order valence-electron chi connectivity index (χ2n) is 4.13. The highest BCUT2D eigenvalue weighted by Gasteiger charge is 2.18. The van der Waals surface area contributed by atoms with Crippen LogP contribution >= 0.6 is 0 Å². The van der Waals surface area contributed by atoms with Gasteiger partial charge in [0.1, 0.15) is 11.9 Å². The first-order valence-corrected chi connectivity index (χ1v) is 4.75. The Balaban J connectivity index is 3.06. The number of aromatic nitrogens is 1. The van der Waals surface area contributed by atoms with Crippen LogP contribution in [0, 0.1) is 18.3 Å². The van der Waals surface area contributed by atoms with Crippen LogP contribution in [0.15, 0.2) is 12.3 Å². The molecule has 4 nitrogen and oxygen atoms in total. The van der Waals surface area contributed by atoms with Crippen molar-refractivity contribution in [2.24, 2.45) is 0 Å². The predicted octanol–water partition coefficient (Wildman–Crippen LogP) is 1.44. The zero-order valence-corrected chi connectivity index (χ0v) is 9.20. The number of nitriles is 1. The van der Waals surface area contributed by atoms with Gasteiger partial charge in [0, 0.05) is 6.20 Å². The SMILES string of the molecule is Cc1ccnc(NC(C)(C)CO)c1C#N. The van der Waals surface area contributed by atoms with Crippen LogP contribution in [0.1, 0.15) is 25.0 Å². The molecule has 0 bridgehead atoms. The van der Waals surface area contributed by atoms with Gasteiger partial charge in [0.15, 0.2) is 0 Å². The maximum atomic E-state index is 9.12. The topological polar surface area (TPSA) is 68.9 Å². The van der Waals surface area contributed by atoms with Crippen LogP contribution in [-0.4, -0.2) is 22.2 Å². The van der Waals surface area contributed by atoms with E-state index >= 15 is 0 Å². The van der Waals surface area contributed by atoms with Crippen molar-refractivity contribution in [2.75, 3.05) is 11.9 Å². The lowest BCUT2D eigenvalue weighted by atomic mass is 10.1. The summed E-state index contributed by atoms with van der Waals surface area (Å²) in [6.45, 7) is 5.53. The molecule has 0 saturated carbocycles. The van der Waals surface area contributed by atoms with Gasteiger partial charge in [-0.1, -0.05) is 0 Å². The lowest BCUT2D eigenvalue weighted by molar-refractivity contribution is 0.234. The number of aliphatic hydroxyl groups excluding tert-OH is 1. The van der Waals surface area contributed by atoms with Gasteiger partial charge >= 0.3 is 0 Å². The Kier molecular flexibility index (Phi) is 3.28. The monoisotopic (exact) mass is 205 g/mol. The second kappa shape index (κ2) is 4.28. The van der Waals surface area contributed by atoms with Crippen molar-refractivity contribution in [3.63, 3.8) is 0 Å². The van der Waals surface area contributed by atoms with E-state index in [1.54, 1.807) is 12.3 Å². The molecule has 15 heavy (non-hydrogen) atoms. The summed E-state index contributed by atoms with van der Waals surface area (Å²) < 4.78 is 0. The molecule has 1 aromatic rings. The smallest absolute Gasteiger partial charge is 0.144 e. The van der Waals surface area contributed by atoms with Gasteiger partial charge < -0.3 is 10.4 Å². The van der Waals surface area contributed by atoms with E-state index in [-0.39, 0.29) is 6.61 Å². The quantitative estimate of drug-likeness (QED) is 0.783. The molecule has 1 heterocycles.